The standard InChI is InChI=1S/3C3H4O4.B/c3*4-2(5)1-3(6)7;/h3*1H2,(H,4,5)(H,6,7);. The van der Waals surface area contributed by atoms with Crippen LogP contribution in [0.25, 0.3) is 0 Å². The molecule has 22 heavy (non-hydrogen) atoms. The van der Waals surface area contributed by atoms with E-state index in [9.17, 15) is 28.8 Å². The maximum absolute atomic E-state index is 9.43. The molecule has 0 saturated carbocycles. The van der Waals surface area contributed by atoms with E-state index in [0.29, 0.717) is 0 Å². The molecule has 12 nitrogen and oxygen atoms in total. The zero-order valence-electron chi connectivity index (χ0n) is 10.8. The van der Waals surface area contributed by atoms with E-state index in [1.54, 1.807) is 0 Å². The van der Waals surface area contributed by atoms with Crippen LogP contribution in [0.4, 0.5) is 0 Å². The molecule has 0 aliphatic carbocycles. The number of aliphatic carboxylic acids is 6. The van der Waals surface area contributed by atoms with Crippen LogP contribution in [0.1, 0.15) is 19.3 Å². The van der Waals surface area contributed by atoms with Gasteiger partial charge in [-0.25, -0.2) is 0 Å². The normalized spacial score (nSPS) is 7.64. The number of rotatable bonds is 6. The molecule has 0 aromatic carbocycles. The summed E-state index contributed by atoms with van der Waals surface area (Å²) in [5.74, 6) is -7.88. The molecule has 0 fully saturated rings. The monoisotopic (exact) mass is 323 g/mol. The zero-order chi connectivity index (χ0) is 17.6. The van der Waals surface area contributed by atoms with Crippen LogP contribution in [0.3, 0.4) is 0 Å². The molecule has 0 spiro atoms. The van der Waals surface area contributed by atoms with Crippen LogP contribution < -0.4 is 0 Å². The Morgan fingerprint density at radius 1 is 0.409 bits per heavy atom. The van der Waals surface area contributed by atoms with Crippen LogP contribution in [0.5, 0.6) is 0 Å². The van der Waals surface area contributed by atoms with Gasteiger partial charge in [-0.2, -0.15) is 0 Å². The maximum Gasteiger partial charge on any atom is 0.314 e. The molecule has 0 unspecified atom stereocenters. The van der Waals surface area contributed by atoms with Crippen LogP contribution in [-0.2, 0) is 28.8 Å². The molecular weight excluding hydrogens is 311 g/mol. The van der Waals surface area contributed by atoms with Gasteiger partial charge in [-0.05, 0) is 0 Å². The smallest absolute Gasteiger partial charge is 0.314 e. The van der Waals surface area contributed by atoms with Crippen molar-refractivity contribution in [2.24, 2.45) is 0 Å². The summed E-state index contributed by atoms with van der Waals surface area (Å²) < 4.78 is 0. The van der Waals surface area contributed by atoms with Gasteiger partial charge in [0.25, 0.3) is 0 Å². The Hall–Kier alpha value is -3.12. The molecule has 0 saturated heterocycles. The minimum atomic E-state index is -1.31. The van der Waals surface area contributed by atoms with Gasteiger partial charge in [-0.1, -0.05) is 0 Å². The Morgan fingerprint density at radius 3 is 0.500 bits per heavy atom. The van der Waals surface area contributed by atoms with E-state index in [1.165, 1.54) is 0 Å². The van der Waals surface area contributed by atoms with E-state index in [2.05, 4.69) is 0 Å². The van der Waals surface area contributed by atoms with E-state index in [4.69, 9.17) is 30.6 Å². The van der Waals surface area contributed by atoms with Crippen molar-refractivity contribution >= 4 is 44.2 Å². The average molecular weight is 323 g/mol. The SMILES string of the molecule is O=C(O)CC(=O)O.O=C(O)CC(=O)O.O=C(O)CC(=O)O.[B]. The molecule has 0 rings (SSSR count). The fraction of sp³-hybridized carbons (Fsp3) is 0.333. The molecule has 0 bridgehead atoms. The van der Waals surface area contributed by atoms with Crippen molar-refractivity contribution in [1.82, 2.24) is 0 Å². The minimum Gasteiger partial charge on any atom is -0.481 e. The molecule has 3 radical (unpaired) electrons. The van der Waals surface area contributed by atoms with Gasteiger partial charge >= 0.3 is 35.8 Å². The summed E-state index contributed by atoms with van der Waals surface area (Å²) in [5.41, 5.74) is 0. The molecule has 0 aromatic rings. The Bertz CT molecular complexity index is 317. The molecule has 0 aliphatic heterocycles. The average Bonchev–Trinajstić information content (AvgIpc) is 2.10. The van der Waals surface area contributed by atoms with Crippen molar-refractivity contribution in [3.05, 3.63) is 0 Å². The van der Waals surface area contributed by atoms with E-state index < -0.39 is 55.1 Å². The molecule has 0 amide bonds. The third kappa shape index (κ3) is 54.0. The topological polar surface area (TPSA) is 224 Å². The summed E-state index contributed by atoms with van der Waals surface area (Å²) in [6.07, 6.45) is -2.42. The van der Waals surface area contributed by atoms with Crippen LogP contribution in [0.15, 0.2) is 0 Å². The van der Waals surface area contributed by atoms with Gasteiger partial charge in [0.2, 0.25) is 0 Å². The highest BCUT2D eigenvalue weighted by Gasteiger charge is 2.02. The molecule has 0 heterocycles. The highest BCUT2D eigenvalue weighted by atomic mass is 16.4. The molecule has 13 heteroatoms. The molecule has 0 aliphatic rings. The first kappa shape index (κ1) is 27.3. The Kier molecular flexibility index (Phi) is 19.8. The maximum atomic E-state index is 9.43. The fourth-order valence-electron chi connectivity index (χ4n) is 0.388. The second-order valence-electron chi connectivity index (χ2n) is 2.89. The van der Waals surface area contributed by atoms with Crippen molar-refractivity contribution in [3.8, 4) is 0 Å². The van der Waals surface area contributed by atoms with Gasteiger partial charge in [0.1, 0.15) is 19.3 Å². The molecule has 6 N–H and O–H groups in total. The first-order chi connectivity index (χ1) is 9.38. The lowest BCUT2D eigenvalue weighted by molar-refractivity contribution is -0.149. The van der Waals surface area contributed by atoms with Gasteiger partial charge in [0, 0.05) is 8.41 Å². The molecule has 0 aromatic heterocycles. The Labute approximate surface area is 124 Å². The predicted molar refractivity (Wildman–Crippen MR) is 65.4 cm³/mol. The lowest BCUT2D eigenvalue weighted by Gasteiger charge is -1.80. The van der Waals surface area contributed by atoms with Gasteiger partial charge in [0.15, 0.2) is 0 Å². The highest BCUT2D eigenvalue weighted by molar-refractivity contribution is 5.89. The zero-order valence-corrected chi connectivity index (χ0v) is 10.8. The summed E-state index contributed by atoms with van der Waals surface area (Å²) >= 11 is 0. The van der Waals surface area contributed by atoms with Gasteiger partial charge in [0.05, 0.1) is 0 Å². The highest BCUT2D eigenvalue weighted by Crippen LogP contribution is 1.75. The molecule has 123 valence electrons. The van der Waals surface area contributed by atoms with Crippen LogP contribution >= 0.6 is 0 Å². The number of hydrogen-bond donors (Lipinski definition) is 6. The van der Waals surface area contributed by atoms with Gasteiger partial charge < -0.3 is 30.6 Å². The first-order valence-corrected chi connectivity index (χ1v) is 4.69. The third-order valence-electron chi connectivity index (χ3n) is 0.907. The number of carboxylic acids is 6. The van der Waals surface area contributed by atoms with Gasteiger partial charge in [-0.15, -0.1) is 0 Å². The third-order valence-corrected chi connectivity index (χ3v) is 0.907. The van der Waals surface area contributed by atoms with Crippen LogP contribution in [-0.4, -0.2) is 74.9 Å². The summed E-state index contributed by atoms with van der Waals surface area (Å²) in [7, 11) is 0. The number of hydrogen-bond acceptors (Lipinski definition) is 6. The number of carboxylic acid groups (broad SMARTS) is 6. The molecule has 0 atom stereocenters. The van der Waals surface area contributed by atoms with E-state index in [1.807, 2.05) is 0 Å². The second kappa shape index (κ2) is 15.9. The summed E-state index contributed by atoms with van der Waals surface area (Å²) in [6, 6.07) is 0. The Balaban J connectivity index is -0.000000108. The van der Waals surface area contributed by atoms with Crippen LogP contribution in [0, 0.1) is 0 Å². The predicted octanol–water partition coefficient (Wildman–Crippen LogP) is -1.74. The quantitative estimate of drug-likeness (QED) is 0.236. The Morgan fingerprint density at radius 2 is 0.500 bits per heavy atom. The van der Waals surface area contributed by atoms with E-state index >= 15 is 0 Å². The number of carbonyl (C=O) groups is 6. The summed E-state index contributed by atoms with van der Waals surface area (Å²) in [4.78, 5) is 56.6. The van der Waals surface area contributed by atoms with Crippen molar-refractivity contribution in [3.63, 3.8) is 0 Å². The van der Waals surface area contributed by atoms with Gasteiger partial charge in [-0.3, -0.25) is 28.8 Å². The second-order valence-corrected chi connectivity index (χ2v) is 2.89. The van der Waals surface area contributed by atoms with Crippen molar-refractivity contribution in [2.75, 3.05) is 0 Å². The minimum absolute atomic E-state index is 0. The van der Waals surface area contributed by atoms with E-state index in [-0.39, 0.29) is 8.41 Å². The first-order valence-electron chi connectivity index (χ1n) is 4.69. The fourth-order valence-corrected chi connectivity index (χ4v) is 0.388. The lowest BCUT2D eigenvalue weighted by Crippen LogP contribution is -2.03. The lowest BCUT2D eigenvalue weighted by atomic mass is 10.5. The molecular formula is C9H12BO12. The van der Waals surface area contributed by atoms with E-state index in [0.717, 1.165) is 0 Å². The largest absolute Gasteiger partial charge is 0.481 e. The van der Waals surface area contributed by atoms with Crippen molar-refractivity contribution in [2.45, 2.75) is 19.3 Å². The summed E-state index contributed by atoms with van der Waals surface area (Å²) in [6.45, 7) is 0. The van der Waals surface area contributed by atoms with Crippen LogP contribution in [0.2, 0.25) is 0 Å². The van der Waals surface area contributed by atoms with Crippen molar-refractivity contribution in [1.29, 1.82) is 0 Å². The summed E-state index contributed by atoms with van der Waals surface area (Å²) in [5, 5.41) is 46.2. The van der Waals surface area contributed by atoms with Crippen molar-refractivity contribution < 1.29 is 59.4 Å².